The van der Waals surface area contributed by atoms with E-state index in [1.54, 1.807) is 6.07 Å². The van der Waals surface area contributed by atoms with Crippen LogP contribution in [0.2, 0.25) is 0 Å². The van der Waals surface area contributed by atoms with Crippen molar-refractivity contribution in [1.29, 1.82) is 0 Å². The maximum Gasteiger partial charge on any atom is 0.416 e. The molecule has 0 atom stereocenters. The molecule has 2 aromatic carbocycles. The number of fused-ring (bicyclic) bond motifs is 1. The van der Waals surface area contributed by atoms with Gasteiger partial charge in [-0.05, 0) is 88.0 Å². The third kappa shape index (κ3) is 5.21. The van der Waals surface area contributed by atoms with E-state index < -0.39 is 11.7 Å². The summed E-state index contributed by atoms with van der Waals surface area (Å²) in [7, 11) is 0. The van der Waals surface area contributed by atoms with Gasteiger partial charge in [0.1, 0.15) is 0 Å². The lowest BCUT2D eigenvalue weighted by Gasteiger charge is -2.33. The van der Waals surface area contributed by atoms with E-state index in [0.29, 0.717) is 11.6 Å². The molecular formula is C29H35F3N4O. The highest BCUT2D eigenvalue weighted by Gasteiger charge is 2.32. The average Bonchev–Trinajstić information content (AvgIpc) is 3.43. The summed E-state index contributed by atoms with van der Waals surface area (Å²) >= 11 is 0. The average molecular weight is 513 g/mol. The molecular weight excluding hydrogens is 477 g/mol. The Kier molecular flexibility index (Phi) is 6.96. The minimum atomic E-state index is -4.38. The first-order chi connectivity index (χ1) is 17.6. The number of likely N-dealkylation sites (tertiary alicyclic amines) is 1. The lowest BCUT2D eigenvalue weighted by molar-refractivity contribution is -0.137. The van der Waals surface area contributed by atoms with Gasteiger partial charge in [0.05, 0.1) is 11.1 Å². The van der Waals surface area contributed by atoms with E-state index in [-0.39, 0.29) is 12.1 Å². The smallest absolute Gasteiger partial charge is 0.322 e. The number of carbonyl (C=O) groups is 1. The largest absolute Gasteiger partial charge is 0.416 e. The molecule has 2 aliphatic heterocycles. The topological polar surface area (TPSA) is 31.7 Å². The number of nitrogens with zero attached hydrogens (tertiary/aromatic N) is 4. The molecule has 1 aromatic heterocycles. The van der Waals surface area contributed by atoms with Gasteiger partial charge in [-0.25, -0.2) is 4.79 Å². The fourth-order valence-electron chi connectivity index (χ4n) is 5.75. The molecule has 0 aliphatic carbocycles. The van der Waals surface area contributed by atoms with Crippen molar-refractivity contribution in [3.05, 3.63) is 65.4 Å². The quantitative estimate of drug-likeness (QED) is 0.389. The Morgan fingerprint density at radius 3 is 2.41 bits per heavy atom. The van der Waals surface area contributed by atoms with Gasteiger partial charge in [0.25, 0.3) is 0 Å². The second-order valence-electron chi connectivity index (χ2n) is 10.7. The van der Waals surface area contributed by atoms with Crippen molar-refractivity contribution in [2.75, 3.05) is 39.3 Å². The fraction of sp³-hybridized carbons (Fsp3) is 0.483. The fourth-order valence-corrected chi connectivity index (χ4v) is 5.75. The highest BCUT2D eigenvalue weighted by molar-refractivity contribution is 5.87. The molecule has 5 rings (SSSR count). The zero-order chi connectivity index (χ0) is 26.3. The summed E-state index contributed by atoms with van der Waals surface area (Å²) < 4.78 is 42.1. The highest BCUT2D eigenvalue weighted by Crippen LogP contribution is 2.37. The van der Waals surface area contributed by atoms with Crippen LogP contribution < -0.4 is 0 Å². The molecule has 2 aliphatic rings. The van der Waals surface area contributed by atoms with Crippen LogP contribution in [-0.2, 0) is 6.18 Å². The molecule has 2 amide bonds. The van der Waals surface area contributed by atoms with Crippen molar-refractivity contribution in [1.82, 2.24) is 19.3 Å². The Labute approximate surface area is 216 Å². The number of benzene rings is 2. The zero-order valence-corrected chi connectivity index (χ0v) is 21.8. The molecule has 3 heterocycles. The van der Waals surface area contributed by atoms with Crippen LogP contribution in [0.3, 0.4) is 0 Å². The van der Waals surface area contributed by atoms with Crippen LogP contribution in [0.4, 0.5) is 18.0 Å². The minimum Gasteiger partial charge on any atom is -0.322 e. The van der Waals surface area contributed by atoms with Gasteiger partial charge in [0.15, 0.2) is 0 Å². The maximum absolute atomic E-state index is 13.4. The van der Waals surface area contributed by atoms with Crippen molar-refractivity contribution in [2.45, 2.75) is 51.7 Å². The summed E-state index contributed by atoms with van der Waals surface area (Å²) in [5, 5.41) is 1.11. The van der Waals surface area contributed by atoms with Gasteiger partial charge in [-0.15, -0.1) is 0 Å². The van der Waals surface area contributed by atoms with Crippen LogP contribution in [0.1, 0.15) is 49.3 Å². The number of aryl methyl sites for hydroxylation is 1. The van der Waals surface area contributed by atoms with E-state index in [9.17, 15) is 18.0 Å². The molecule has 5 nitrogen and oxygen atoms in total. The molecule has 0 unspecified atom stereocenters. The number of carbonyl (C=O) groups excluding carboxylic acids is 1. The third-order valence-corrected chi connectivity index (χ3v) is 7.91. The van der Waals surface area contributed by atoms with Gasteiger partial charge in [0.2, 0.25) is 0 Å². The summed E-state index contributed by atoms with van der Waals surface area (Å²) in [4.78, 5) is 18.9. The molecule has 0 saturated carbocycles. The standard InChI is InChI=1S/C29H35F3N4O/c1-20(2)35-16-15-34(28(35)37)14-13-33-11-9-22(10-12-33)26-19-36(27-17-21(3)7-8-25(26)27)24-6-4-5-23(18-24)29(30,31)32/h4-8,17-20,22H,9-16H2,1-3H3. The first-order valence-electron chi connectivity index (χ1n) is 13.2. The number of hydrogen-bond acceptors (Lipinski definition) is 2. The second kappa shape index (κ2) is 10.0. The van der Waals surface area contributed by atoms with E-state index in [1.165, 1.54) is 17.7 Å². The number of amides is 2. The minimum absolute atomic E-state index is 0.141. The first-order valence-corrected chi connectivity index (χ1v) is 13.2. The van der Waals surface area contributed by atoms with E-state index in [2.05, 4.69) is 36.9 Å². The third-order valence-electron chi connectivity index (χ3n) is 7.91. The van der Waals surface area contributed by atoms with E-state index >= 15 is 0 Å². The molecule has 198 valence electrons. The van der Waals surface area contributed by atoms with Gasteiger partial charge >= 0.3 is 12.2 Å². The van der Waals surface area contributed by atoms with Crippen molar-refractivity contribution in [3.63, 3.8) is 0 Å². The predicted octanol–water partition coefficient (Wildman–Crippen LogP) is 6.28. The monoisotopic (exact) mass is 512 g/mol. The Morgan fingerprint density at radius 1 is 0.973 bits per heavy atom. The van der Waals surface area contributed by atoms with E-state index in [0.717, 1.165) is 74.6 Å². The second-order valence-corrected chi connectivity index (χ2v) is 10.7. The molecule has 8 heteroatoms. The molecule has 0 spiro atoms. The van der Waals surface area contributed by atoms with E-state index in [1.807, 2.05) is 27.5 Å². The Morgan fingerprint density at radius 2 is 1.73 bits per heavy atom. The SMILES string of the molecule is Cc1ccc2c(C3CCN(CCN4CCN(C(C)C)C4=O)CC3)cn(-c3cccc(C(F)(F)F)c3)c2c1. The zero-order valence-electron chi connectivity index (χ0n) is 21.8. The van der Waals surface area contributed by atoms with Crippen molar-refractivity contribution in [2.24, 2.45) is 0 Å². The molecule has 3 aromatic rings. The van der Waals surface area contributed by atoms with Gasteiger partial charge < -0.3 is 19.3 Å². The Bertz CT molecular complexity index is 1270. The van der Waals surface area contributed by atoms with Crippen LogP contribution in [0.15, 0.2) is 48.7 Å². The Balaban J connectivity index is 1.31. The van der Waals surface area contributed by atoms with Gasteiger partial charge in [-0.2, -0.15) is 13.2 Å². The summed E-state index contributed by atoms with van der Waals surface area (Å²) in [6, 6.07) is 12.2. The van der Waals surface area contributed by atoms with Crippen LogP contribution in [0.5, 0.6) is 0 Å². The van der Waals surface area contributed by atoms with Crippen LogP contribution in [0, 0.1) is 6.92 Å². The number of rotatable bonds is 6. The normalized spacial score (nSPS) is 18.1. The summed E-state index contributed by atoms with van der Waals surface area (Å²) in [6.45, 7) is 11.2. The van der Waals surface area contributed by atoms with Crippen LogP contribution in [0.25, 0.3) is 16.6 Å². The Hall–Kier alpha value is -3.00. The number of aromatic nitrogens is 1. The van der Waals surface area contributed by atoms with Crippen molar-refractivity contribution >= 4 is 16.9 Å². The number of halogens is 3. The molecule has 0 radical (unpaired) electrons. The molecule has 0 bridgehead atoms. The summed E-state index contributed by atoms with van der Waals surface area (Å²) in [6.07, 6.45) is -0.357. The molecule has 37 heavy (non-hydrogen) atoms. The van der Waals surface area contributed by atoms with Gasteiger partial charge in [0, 0.05) is 49.5 Å². The van der Waals surface area contributed by atoms with Crippen LogP contribution in [-0.4, -0.2) is 70.6 Å². The number of alkyl halides is 3. The predicted molar refractivity (Wildman–Crippen MR) is 140 cm³/mol. The first kappa shape index (κ1) is 25.6. The maximum atomic E-state index is 13.4. The van der Waals surface area contributed by atoms with E-state index in [4.69, 9.17) is 0 Å². The highest BCUT2D eigenvalue weighted by atomic mass is 19.4. The lowest BCUT2D eigenvalue weighted by Crippen LogP contribution is -2.41. The van der Waals surface area contributed by atoms with Gasteiger partial charge in [-0.3, -0.25) is 0 Å². The number of urea groups is 1. The number of hydrogen-bond donors (Lipinski definition) is 0. The van der Waals surface area contributed by atoms with Crippen molar-refractivity contribution < 1.29 is 18.0 Å². The molecule has 2 fully saturated rings. The lowest BCUT2D eigenvalue weighted by atomic mass is 9.89. The summed E-state index contributed by atoms with van der Waals surface area (Å²) in [5.74, 6) is 0.346. The van der Waals surface area contributed by atoms with Crippen LogP contribution >= 0.6 is 0 Å². The van der Waals surface area contributed by atoms with Crippen molar-refractivity contribution in [3.8, 4) is 5.69 Å². The molecule has 2 saturated heterocycles. The number of piperidine rings is 1. The summed E-state index contributed by atoms with van der Waals surface area (Å²) in [5.41, 5.74) is 3.11. The van der Waals surface area contributed by atoms with Gasteiger partial charge in [-0.1, -0.05) is 18.2 Å². The molecule has 0 N–H and O–H groups in total.